The van der Waals surface area contributed by atoms with E-state index in [0.29, 0.717) is 29.5 Å². The molecule has 6 heteroatoms. The molecule has 2 saturated carbocycles. The van der Waals surface area contributed by atoms with E-state index in [4.69, 9.17) is 4.74 Å². The van der Waals surface area contributed by atoms with Crippen LogP contribution < -0.4 is 5.32 Å². The maximum absolute atomic E-state index is 12.0. The number of carbonyl (C=O) groups is 3. The highest BCUT2D eigenvalue weighted by Gasteiger charge is 2.40. The third-order valence-corrected chi connectivity index (χ3v) is 5.50. The first-order valence-corrected chi connectivity index (χ1v) is 9.19. The summed E-state index contributed by atoms with van der Waals surface area (Å²) < 4.78 is 5.13. The predicted molar refractivity (Wildman–Crippen MR) is 97.6 cm³/mol. The monoisotopic (exact) mass is 358 g/mol. The van der Waals surface area contributed by atoms with Crippen LogP contribution in [-0.4, -0.2) is 43.4 Å². The first-order valence-electron chi connectivity index (χ1n) is 9.19. The van der Waals surface area contributed by atoms with E-state index in [1.165, 1.54) is 24.2 Å². The third-order valence-electron chi connectivity index (χ3n) is 5.50. The molecule has 140 valence electrons. The minimum Gasteiger partial charge on any atom is -0.456 e. The number of benzene rings is 1. The Bertz CT molecular complexity index is 684. The second kappa shape index (κ2) is 7.89. The molecule has 26 heavy (non-hydrogen) atoms. The Morgan fingerprint density at radius 2 is 1.85 bits per heavy atom. The van der Waals surface area contributed by atoms with E-state index in [9.17, 15) is 14.4 Å². The minimum absolute atomic E-state index is 0.0996. The van der Waals surface area contributed by atoms with Crippen molar-refractivity contribution in [2.45, 2.75) is 32.1 Å². The summed E-state index contributed by atoms with van der Waals surface area (Å²) in [6, 6.07) is 6.62. The van der Waals surface area contributed by atoms with Gasteiger partial charge >= 0.3 is 5.97 Å². The highest BCUT2D eigenvalue weighted by molar-refractivity contribution is 5.96. The normalized spacial score (nSPS) is 23.5. The van der Waals surface area contributed by atoms with Crippen molar-refractivity contribution in [1.82, 2.24) is 4.90 Å². The number of esters is 1. The van der Waals surface area contributed by atoms with E-state index in [1.54, 1.807) is 38.4 Å². The van der Waals surface area contributed by atoms with Crippen LogP contribution in [0.2, 0.25) is 0 Å². The first-order chi connectivity index (χ1) is 12.4. The van der Waals surface area contributed by atoms with Crippen LogP contribution in [-0.2, 0) is 14.3 Å². The van der Waals surface area contributed by atoms with Gasteiger partial charge in [0.25, 0.3) is 11.8 Å². The number of fused-ring (bicyclic) bond motifs is 2. The molecule has 3 atom stereocenters. The lowest BCUT2D eigenvalue weighted by Crippen LogP contribution is -2.23. The summed E-state index contributed by atoms with van der Waals surface area (Å²) in [6.45, 7) is -0.280. The molecule has 0 radical (unpaired) electrons. The van der Waals surface area contributed by atoms with Crippen LogP contribution in [0.1, 0.15) is 42.5 Å². The molecular formula is C20H26N2O4. The Morgan fingerprint density at radius 3 is 2.42 bits per heavy atom. The molecule has 0 unspecified atom stereocenters. The number of hydrogen-bond donors (Lipinski definition) is 1. The van der Waals surface area contributed by atoms with Crippen molar-refractivity contribution in [2.24, 2.45) is 17.8 Å². The van der Waals surface area contributed by atoms with Gasteiger partial charge in [-0.3, -0.25) is 14.4 Å². The molecule has 1 aromatic carbocycles. The molecule has 0 aliphatic heterocycles. The molecule has 2 aliphatic carbocycles. The molecule has 1 N–H and O–H groups in total. The number of ether oxygens (including phenoxy) is 1. The van der Waals surface area contributed by atoms with Crippen molar-refractivity contribution >= 4 is 23.5 Å². The van der Waals surface area contributed by atoms with E-state index >= 15 is 0 Å². The Kier molecular flexibility index (Phi) is 5.59. The van der Waals surface area contributed by atoms with Gasteiger partial charge in [-0.15, -0.1) is 0 Å². The number of amides is 2. The van der Waals surface area contributed by atoms with Crippen LogP contribution in [0, 0.1) is 17.8 Å². The predicted octanol–water partition coefficient (Wildman–Crippen LogP) is 2.70. The van der Waals surface area contributed by atoms with Crippen LogP contribution in [0.3, 0.4) is 0 Å². The first kappa shape index (κ1) is 18.4. The van der Waals surface area contributed by atoms with Gasteiger partial charge < -0.3 is 15.0 Å². The molecule has 2 fully saturated rings. The van der Waals surface area contributed by atoms with Gasteiger partial charge in [-0.2, -0.15) is 0 Å². The zero-order valence-electron chi connectivity index (χ0n) is 15.4. The topological polar surface area (TPSA) is 75.7 Å². The average molecular weight is 358 g/mol. The van der Waals surface area contributed by atoms with Crippen LogP contribution in [0.4, 0.5) is 5.69 Å². The lowest BCUT2D eigenvalue weighted by molar-refractivity contribution is -0.148. The smallest absolute Gasteiger partial charge is 0.306 e. The van der Waals surface area contributed by atoms with Crippen molar-refractivity contribution in [2.75, 3.05) is 26.0 Å². The number of hydrogen-bond acceptors (Lipinski definition) is 4. The highest BCUT2D eigenvalue weighted by atomic mass is 16.5. The van der Waals surface area contributed by atoms with E-state index in [2.05, 4.69) is 5.32 Å². The molecule has 2 bridgehead atoms. The molecule has 2 aliphatic rings. The van der Waals surface area contributed by atoms with Gasteiger partial charge in [0.15, 0.2) is 6.61 Å². The quantitative estimate of drug-likeness (QED) is 0.794. The molecule has 0 spiro atoms. The summed E-state index contributed by atoms with van der Waals surface area (Å²) in [5.41, 5.74) is 1.11. The number of nitrogens with one attached hydrogen (secondary N) is 1. The van der Waals surface area contributed by atoms with Crippen molar-refractivity contribution in [3.8, 4) is 0 Å². The minimum atomic E-state index is -0.377. The molecule has 1 aromatic rings. The van der Waals surface area contributed by atoms with Gasteiger partial charge in [0.05, 0.1) is 0 Å². The number of nitrogens with zero attached hydrogens (tertiary/aromatic N) is 1. The molecule has 0 aromatic heterocycles. The Balaban J connectivity index is 1.41. The van der Waals surface area contributed by atoms with Gasteiger partial charge in [-0.1, -0.05) is 6.42 Å². The average Bonchev–Trinajstić information content (AvgIpc) is 3.23. The molecular weight excluding hydrogens is 332 g/mol. The fourth-order valence-corrected chi connectivity index (χ4v) is 4.20. The molecule has 2 amide bonds. The lowest BCUT2D eigenvalue weighted by Gasteiger charge is -2.20. The summed E-state index contributed by atoms with van der Waals surface area (Å²) in [7, 11) is 3.37. The van der Waals surface area contributed by atoms with Crippen LogP contribution in [0.15, 0.2) is 24.3 Å². The Labute approximate surface area is 153 Å². The van der Waals surface area contributed by atoms with E-state index in [1.807, 2.05) is 0 Å². The van der Waals surface area contributed by atoms with Crippen molar-refractivity contribution in [3.05, 3.63) is 29.8 Å². The Morgan fingerprint density at radius 1 is 1.12 bits per heavy atom. The highest BCUT2D eigenvalue weighted by Crippen LogP contribution is 2.49. The summed E-state index contributed by atoms with van der Waals surface area (Å²) in [5.74, 6) is 1.14. The van der Waals surface area contributed by atoms with Gasteiger partial charge in [0, 0.05) is 31.8 Å². The number of carbonyl (C=O) groups excluding carboxylic acids is 3. The second-order valence-corrected chi connectivity index (χ2v) is 7.62. The van der Waals surface area contributed by atoms with E-state index in [0.717, 1.165) is 12.3 Å². The van der Waals surface area contributed by atoms with Crippen molar-refractivity contribution in [3.63, 3.8) is 0 Å². The van der Waals surface area contributed by atoms with Gasteiger partial charge in [-0.05, 0) is 61.3 Å². The number of anilines is 1. The van der Waals surface area contributed by atoms with Gasteiger partial charge in [0.1, 0.15) is 0 Å². The lowest BCUT2D eigenvalue weighted by atomic mass is 9.86. The van der Waals surface area contributed by atoms with Crippen molar-refractivity contribution < 1.29 is 19.1 Å². The van der Waals surface area contributed by atoms with Crippen LogP contribution in [0.25, 0.3) is 0 Å². The Hall–Kier alpha value is -2.37. The molecule has 0 heterocycles. The van der Waals surface area contributed by atoms with E-state index < -0.39 is 0 Å². The maximum Gasteiger partial charge on any atom is 0.306 e. The second-order valence-electron chi connectivity index (χ2n) is 7.62. The summed E-state index contributed by atoms with van der Waals surface area (Å²) in [5, 5.41) is 2.67. The maximum atomic E-state index is 12.0. The standard InChI is InChI=1S/C20H26N2O4/c1-22(2)20(25)14-5-7-17(8-6-14)21-18(23)12-26-19(24)11-16-10-13-3-4-15(16)9-13/h5-8,13,15-16H,3-4,9-12H2,1-2H3,(H,21,23)/t13-,15+,16+/m0/s1. The number of rotatable bonds is 6. The van der Waals surface area contributed by atoms with Gasteiger partial charge in [0.2, 0.25) is 0 Å². The zero-order chi connectivity index (χ0) is 18.7. The van der Waals surface area contributed by atoms with Gasteiger partial charge in [-0.25, -0.2) is 0 Å². The van der Waals surface area contributed by atoms with Crippen molar-refractivity contribution in [1.29, 1.82) is 0 Å². The fraction of sp³-hybridized carbons (Fsp3) is 0.550. The summed E-state index contributed by atoms with van der Waals surface area (Å²) in [6.07, 6.45) is 5.34. The zero-order valence-corrected chi connectivity index (χ0v) is 15.4. The third kappa shape index (κ3) is 4.42. The summed E-state index contributed by atoms with van der Waals surface area (Å²) >= 11 is 0. The van der Waals surface area contributed by atoms with Crippen LogP contribution >= 0.6 is 0 Å². The molecule has 6 nitrogen and oxygen atoms in total. The van der Waals surface area contributed by atoms with Crippen LogP contribution in [0.5, 0.6) is 0 Å². The summed E-state index contributed by atoms with van der Waals surface area (Å²) in [4.78, 5) is 37.2. The molecule has 0 saturated heterocycles. The SMILES string of the molecule is CN(C)C(=O)c1ccc(NC(=O)COC(=O)C[C@H]2C[C@H]3CC[C@@H]2C3)cc1. The van der Waals surface area contributed by atoms with E-state index in [-0.39, 0.29) is 24.4 Å². The largest absolute Gasteiger partial charge is 0.456 e. The molecule has 3 rings (SSSR count). The fourth-order valence-electron chi connectivity index (χ4n) is 4.20.